The van der Waals surface area contributed by atoms with Gasteiger partial charge in [0, 0.05) is 4.88 Å². The van der Waals surface area contributed by atoms with Crippen molar-refractivity contribution in [3.05, 3.63) is 26.6 Å². The predicted octanol–water partition coefficient (Wildman–Crippen LogP) is 3.07. The monoisotopic (exact) mass is 346 g/mol. The van der Waals surface area contributed by atoms with E-state index in [2.05, 4.69) is 24.1 Å². The first kappa shape index (κ1) is 16.3. The summed E-state index contributed by atoms with van der Waals surface area (Å²) >= 11 is 1.75. The predicted molar refractivity (Wildman–Crippen MR) is 98.6 cm³/mol. The van der Waals surface area contributed by atoms with Gasteiger partial charge < -0.3 is 10.3 Å². The zero-order valence-electron chi connectivity index (χ0n) is 14.7. The van der Waals surface area contributed by atoms with Crippen LogP contribution in [0, 0.1) is 5.92 Å². The Hall–Kier alpha value is -1.20. The molecule has 0 saturated heterocycles. The highest BCUT2D eigenvalue weighted by Gasteiger charge is 2.25. The minimum absolute atomic E-state index is 0.0750. The maximum absolute atomic E-state index is 12.7. The van der Waals surface area contributed by atoms with Gasteiger partial charge in [-0.1, -0.05) is 13.3 Å². The van der Waals surface area contributed by atoms with Crippen LogP contribution in [0.2, 0.25) is 0 Å². The average molecular weight is 347 g/mol. The molecule has 2 aromatic rings. The fourth-order valence-electron chi connectivity index (χ4n) is 4.41. The molecule has 3 N–H and O–H groups in total. The summed E-state index contributed by atoms with van der Waals surface area (Å²) in [4.78, 5) is 23.0. The molecule has 2 aliphatic rings. The van der Waals surface area contributed by atoms with Crippen LogP contribution >= 0.6 is 11.3 Å². The molecule has 4 rings (SSSR count). The second-order valence-electron chi connectivity index (χ2n) is 7.86. The van der Waals surface area contributed by atoms with Crippen LogP contribution in [0.5, 0.6) is 0 Å². The number of nitrogens with two attached hydrogens (primary N) is 1. The van der Waals surface area contributed by atoms with Gasteiger partial charge in [-0.2, -0.15) is 0 Å². The zero-order chi connectivity index (χ0) is 16.7. The van der Waals surface area contributed by atoms with E-state index in [4.69, 9.17) is 4.98 Å². The number of quaternary nitrogens is 1. The van der Waals surface area contributed by atoms with E-state index >= 15 is 0 Å². The van der Waals surface area contributed by atoms with Gasteiger partial charge in [-0.25, -0.2) is 4.98 Å². The molecular formula is C19H28N3OS+. The number of nitrogens with one attached hydrogen (secondary N) is 1. The number of hydrogen-bond acceptors (Lipinski definition) is 3. The number of hydrogen-bond donors (Lipinski definition) is 2. The lowest BCUT2D eigenvalue weighted by atomic mass is 9.89. The molecule has 24 heavy (non-hydrogen) atoms. The van der Waals surface area contributed by atoms with Crippen LogP contribution in [0.15, 0.2) is 4.79 Å². The van der Waals surface area contributed by atoms with E-state index in [9.17, 15) is 4.79 Å². The third kappa shape index (κ3) is 3.04. The number of aryl methyl sites for hydroxylation is 1. The SMILES string of the molecule is C[C@H]1CCc2c(sc3nc([C@@H](C)[NH2+]C4CCCCC4)[nH]c(=O)c23)C1. The van der Waals surface area contributed by atoms with Gasteiger partial charge in [-0.3, -0.25) is 4.79 Å². The summed E-state index contributed by atoms with van der Waals surface area (Å²) in [5.74, 6) is 1.58. The molecule has 5 heteroatoms. The molecule has 0 amide bonds. The second kappa shape index (κ2) is 6.60. The summed E-state index contributed by atoms with van der Waals surface area (Å²) in [5.41, 5.74) is 1.35. The van der Waals surface area contributed by atoms with Gasteiger partial charge in [0.25, 0.3) is 5.56 Å². The molecule has 2 aromatic heterocycles. The maximum atomic E-state index is 12.7. The van der Waals surface area contributed by atoms with E-state index in [-0.39, 0.29) is 11.6 Å². The summed E-state index contributed by atoms with van der Waals surface area (Å²) in [7, 11) is 0. The number of H-pyrrole nitrogens is 1. The molecule has 2 aliphatic carbocycles. The number of rotatable bonds is 3. The lowest BCUT2D eigenvalue weighted by Crippen LogP contribution is -2.90. The van der Waals surface area contributed by atoms with E-state index in [0.717, 1.165) is 34.8 Å². The molecule has 4 nitrogen and oxygen atoms in total. The molecule has 130 valence electrons. The summed E-state index contributed by atoms with van der Waals surface area (Å²) in [6.45, 7) is 4.48. The Balaban J connectivity index is 1.64. The van der Waals surface area contributed by atoms with Crippen LogP contribution < -0.4 is 10.9 Å². The van der Waals surface area contributed by atoms with Crippen molar-refractivity contribution in [1.29, 1.82) is 0 Å². The van der Waals surface area contributed by atoms with Gasteiger partial charge in [-0.05, 0) is 63.4 Å². The normalized spacial score (nSPS) is 23.3. The quantitative estimate of drug-likeness (QED) is 0.897. The number of nitrogens with zero attached hydrogens (tertiary/aromatic N) is 1. The first-order valence-corrected chi connectivity index (χ1v) is 10.3. The Labute approximate surface area is 147 Å². The van der Waals surface area contributed by atoms with Crippen LogP contribution in [0.4, 0.5) is 0 Å². The first-order valence-electron chi connectivity index (χ1n) is 9.51. The minimum Gasteiger partial charge on any atom is -0.335 e. The van der Waals surface area contributed by atoms with Crippen LogP contribution in [0.1, 0.15) is 74.7 Å². The van der Waals surface area contributed by atoms with E-state index in [1.165, 1.54) is 49.0 Å². The molecule has 2 atom stereocenters. The molecule has 0 aliphatic heterocycles. The van der Waals surface area contributed by atoms with E-state index in [0.29, 0.717) is 6.04 Å². The van der Waals surface area contributed by atoms with E-state index in [1.54, 1.807) is 11.3 Å². The highest BCUT2D eigenvalue weighted by molar-refractivity contribution is 7.18. The van der Waals surface area contributed by atoms with Crippen molar-refractivity contribution < 1.29 is 5.32 Å². The van der Waals surface area contributed by atoms with Gasteiger partial charge in [0.15, 0.2) is 5.82 Å². The van der Waals surface area contributed by atoms with Crippen LogP contribution in [0.25, 0.3) is 10.2 Å². The summed E-state index contributed by atoms with van der Waals surface area (Å²) in [5, 5.41) is 3.29. The van der Waals surface area contributed by atoms with Crippen molar-refractivity contribution in [3.8, 4) is 0 Å². The molecule has 0 bridgehead atoms. The van der Waals surface area contributed by atoms with Crippen LogP contribution in [-0.4, -0.2) is 16.0 Å². The highest BCUT2D eigenvalue weighted by Crippen LogP contribution is 2.35. The Morgan fingerprint density at radius 3 is 2.83 bits per heavy atom. The lowest BCUT2D eigenvalue weighted by molar-refractivity contribution is -0.728. The molecule has 2 heterocycles. The number of aromatic amines is 1. The van der Waals surface area contributed by atoms with Gasteiger partial charge >= 0.3 is 0 Å². The Morgan fingerprint density at radius 1 is 1.25 bits per heavy atom. The van der Waals surface area contributed by atoms with Crippen LogP contribution in [0.3, 0.4) is 0 Å². The highest BCUT2D eigenvalue weighted by atomic mass is 32.1. The van der Waals surface area contributed by atoms with Crippen LogP contribution in [-0.2, 0) is 12.8 Å². The average Bonchev–Trinajstić information content (AvgIpc) is 2.93. The zero-order valence-corrected chi connectivity index (χ0v) is 15.5. The molecule has 0 radical (unpaired) electrons. The summed E-state index contributed by atoms with van der Waals surface area (Å²) in [6, 6.07) is 0.912. The van der Waals surface area contributed by atoms with Crippen molar-refractivity contribution in [3.63, 3.8) is 0 Å². The molecule has 0 unspecified atom stereocenters. The van der Waals surface area contributed by atoms with Gasteiger partial charge in [0.05, 0.1) is 11.4 Å². The molecule has 1 saturated carbocycles. The Kier molecular flexibility index (Phi) is 4.48. The van der Waals surface area contributed by atoms with Crippen molar-refractivity contribution >= 4 is 21.6 Å². The third-order valence-electron chi connectivity index (χ3n) is 5.83. The fourth-order valence-corrected chi connectivity index (χ4v) is 5.80. The fraction of sp³-hybridized carbons (Fsp3) is 0.684. The number of fused-ring (bicyclic) bond motifs is 3. The van der Waals surface area contributed by atoms with Gasteiger partial charge in [-0.15, -0.1) is 11.3 Å². The maximum Gasteiger partial charge on any atom is 0.260 e. The molecule has 0 spiro atoms. The first-order chi connectivity index (χ1) is 11.6. The molecular weight excluding hydrogens is 318 g/mol. The van der Waals surface area contributed by atoms with Gasteiger partial charge in [0.2, 0.25) is 0 Å². The largest absolute Gasteiger partial charge is 0.335 e. The molecule has 0 aromatic carbocycles. The second-order valence-corrected chi connectivity index (χ2v) is 8.95. The van der Waals surface area contributed by atoms with E-state index < -0.39 is 0 Å². The van der Waals surface area contributed by atoms with Crippen molar-refractivity contribution in [2.45, 2.75) is 77.3 Å². The Bertz CT molecular complexity index is 788. The van der Waals surface area contributed by atoms with E-state index in [1.807, 2.05) is 0 Å². The van der Waals surface area contributed by atoms with Crippen molar-refractivity contribution in [2.75, 3.05) is 0 Å². The molecule has 1 fully saturated rings. The smallest absolute Gasteiger partial charge is 0.260 e. The third-order valence-corrected chi connectivity index (χ3v) is 6.97. The van der Waals surface area contributed by atoms with Crippen molar-refractivity contribution in [2.24, 2.45) is 5.92 Å². The minimum atomic E-state index is 0.0750. The number of aromatic nitrogens is 2. The topological polar surface area (TPSA) is 62.4 Å². The Morgan fingerprint density at radius 2 is 2.04 bits per heavy atom. The van der Waals surface area contributed by atoms with Gasteiger partial charge in [0.1, 0.15) is 10.9 Å². The number of thiophene rings is 1. The summed E-state index contributed by atoms with van der Waals surface area (Å²) in [6.07, 6.45) is 9.97. The lowest BCUT2D eigenvalue weighted by Gasteiger charge is -2.23. The van der Waals surface area contributed by atoms with Crippen molar-refractivity contribution in [1.82, 2.24) is 9.97 Å². The summed E-state index contributed by atoms with van der Waals surface area (Å²) < 4.78 is 0. The standard InChI is InChI=1S/C19H27N3OS/c1-11-8-9-14-15(10-11)24-19-16(14)18(23)21-17(22-19)12(2)20-13-6-4-3-5-7-13/h11-13,20H,3-10H2,1-2H3,(H,21,22,23)/p+1/t11-,12+/m0/s1.